The fourth-order valence-corrected chi connectivity index (χ4v) is 9.12. The van der Waals surface area contributed by atoms with Crippen molar-refractivity contribution in [3.8, 4) is 11.1 Å². The summed E-state index contributed by atoms with van der Waals surface area (Å²) in [5.74, 6) is -2.46. The van der Waals surface area contributed by atoms with Gasteiger partial charge in [0, 0.05) is 78.0 Å². The molecule has 3 saturated heterocycles. The van der Waals surface area contributed by atoms with Gasteiger partial charge < -0.3 is 14.5 Å². The summed E-state index contributed by atoms with van der Waals surface area (Å²) in [5.41, 5.74) is -0.282. The van der Waals surface area contributed by atoms with Crippen LogP contribution in [-0.2, 0) is 9.53 Å². The van der Waals surface area contributed by atoms with Crippen molar-refractivity contribution in [1.29, 1.82) is 0 Å². The number of carbonyl (C=O) groups excluding carboxylic acids is 1. The molecule has 0 unspecified atom stereocenters. The Morgan fingerprint density at radius 1 is 1.18 bits per heavy atom. The summed E-state index contributed by atoms with van der Waals surface area (Å²) in [5, 5.41) is 0.656. The molecule has 1 aromatic heterocycles. The molecule has 8 nitrogen and oxygen atoms in total. The molecule has 1 amide bonds. The van der Waals surface area contributed by atoms with E-state index in [1.54, 1.807) is 15.5 Å². The van der Waals surface area contributed by atoms with Gasteiger partial charge in [-0.1, -0.05) is 18.2 Å². The third-order valence-corrected chi connectivity index (χ3v) is 11.1. The predicted octanol–water partition coefficient (Wildman–Crippen LogP) is 5.26. The first-order valence-corrected chi connectivity index (χ1v) is 16.6. The van der Waals surface area contributed by atoms with Gasteiger partial charge in [-0.25, -0.2) is 18.0 Å². The second-order valence-electron chi connectivity index (χ2n) is 12.3. The molecule has 2 aromatic carbocycles. The van der Waals surface area contributed by atoms with E-state index in [4.69, 9.17) is 16.3 Å². The number of piperazine rings is 1. The maximum atomic E-state index is 15.2. The van der Waals surface area contributed by atoms with Gasteiger partial charge in [-0.15, -0.1) is 11.8 Å². The van der Waals surface area contributed by atoms with Crippen LogP contribution >= 0.6 is 23.4 Å². The first kappa shape index (κ1) is 30.6. The molecule has 3 fully saturated rings. The minimum absolute atomic E-state index is 0.0699. The normalized spacial score (nSPS) is 24.6. The van der Waals surface area contributed by atoms with Crippen molar-refractivity contribution in [2.45, 2.75) is 55.3 Å². The molecule has 4 aliphatic rings. The molecule has 4 atom stereocenters. The van der Waals surface area contributed by atoms with Gasteiger partial charge in [0.05, 0.1) is 28.8 Å². The first-order valence-electron chi connectivity index (χ1n) is 15.2. The molecule has 2 bridgehead atoms. The summed E-state index contributed by atoms with van der Waals surface area (Å²) in [4.78, 5) is 37.4. The lowest BCUT2D eigenvalue weighted by Gasteiger charge is -2.41. The zero-order valence-corrected chi connectivity index (χ0v) is 26.4. The molecule has 0 N–H and O–H groups in total. The Balaban J connectivity index is 1.32. The summed E-state index contributed by atoms with van der Waals surface area (Å²) < 4.78 is 51.7. The average molecular weight is 660 g/mol. The molecule has 3 aromatic rings. The van der Waals surface area contributed by atoms with Crippen molar-refractivity contribution in [2.24, 2.45) is 0 Å². The number of fused-ring (bicyclic) bond motifs is 2. The van der Waals surface area contributed by atoms with Gasteiger partial charge in [0.1, 0.15) is 23.3 Å². The van der Waals surface area contributed by atoms with E-state index in [0.29, 0.717) is 77.7 Å². The number of thioether (sulfide) groups is 1. The molecule has 0 saturated carbocycles. The number of aromatic nitrogens is 2. The number of anilines is 1. The molecule has 7 rings (SSSR count). The highest BCUT2D eigenvalue weighted by Crippen LogP contribution is 2.49. The highest BCUT2D eigenvalue weighted by molar-refractivity contribution is 7.99. The van der Waals surface area contributed by atoms with E-state index >= 15 is 8.78 Å². The van der Waals surface area contributed by atoms with Crippen LogP contribution in [-0.4, -0.2) is 88.5 Å². The van der Waals surface area contributed by atoms with E-state index in [2.05, 4.69) is 16.5 Å². The van der Waals surface area contributed by atoms with Crippen LogP contribution in [0.2, 0.25) is 5.02 Å². The molecule has 4 aliphatic heterocycles. The third kappa shape index (κ3) is 5.33. The molecule has 5 heterocycles. The van der Waals surface area contributed by atoms with Gasteiger partial charge in [0.15, 0.2) is 0 Å². The lowest BCUT2D eigenvalue weighted by Crippen LogP contribution is -2.54. The standard InChI is InChI=1S/C32H33ClF3N5O3S/c1-3-26(42)39-7-8-40(17(2)13-39)31-22-12-23(33)27(28-24(35)9-18(34)10-25(28)36)30-29(22)41(32(43)37-31)19(16-45-30)5-4-6-38-14-21-11-20(38)15-44-21/h3,9-10,12,17,19-21H,1,4-8,11,13-16H2,2H3/t17-,19-,20-,21-/m0/s1. The molecule has 0 spiro atoms. The van der Waals surface area contributed by atoms with Crippen LogP contribution in [0, 0.1) is 17.5 Å². The number of hydrogen-bond acceptors (Lipinski definition) is 7. The number of halogens is 4. The molecule has 13 heteroatoms. The number of carbonyl (C=O) groups is 1. The Morgan fingerprint density at radius 2 is 1.96 bits per heavy atom. The monoisotopic (exact) mass is 659 g/mol. The zero-order valence-electron chi connectivity index (χ0n) is 24.8. The van der Waals surface area contributed by atoms with E-state index in [9.17, 15) is 14.0 Å². The minimum atomic E-state index is -1.07. The van der Waals surface area contributed by atoms with Crippen LogP contribution in [0.5, 0.6) is 0 Å². The van der Waals surface area contributed by atoms with Crippen molar-refractivity contribution in [2.75, 3.05) is 50.0 Å². The van der Waals surface area contributed by atoms with Crippen molar-refractivity contribution in [3.63, 3.8) is 0 Å². The highest BCUT2D eigenvalue weighted by atomic mass is 35.5. The average Bonchev–Trinajstić information content (AvgIpc) is 3.63. The van der Waals surface area contributed by atoms with Crippen molar-refractivity contribution < 1.29 is 22.7 Å². The summed E-state index contributed by atoms with van der Waals surface area (Å²) >= 11 is 8.22. The topological polar surface area (TPSA) is 70.9 Å². The Labute approximate surface area is 267 Å². The lowest BCUT2D eigenvalue weighted by atomic mass is 10.0. The second-order valence-corrected chi connectivity index (χ2v) is 13.7. The van der Waals surface area contributed by atoms with Crippen molar-refractivity contribution in [1.82, 2.24) is 19.4 Å². The van der Waals surface area contributed by atoms with E-state index in [1.165, 1.54) is 17.8 Å². The Bertz CT molecular complexity index is 1750. The van der Waals surface area contributed by atoms with E-state index in [0.717, 1.165) is 32.5 Å². The number of benzene rings is 2. The van der Waals surface area contributed by atoms with Crippen molar-refractivity contribution >= 4 is 46.0 Å². The van der Waals surface area contributed by atoms with Crippen molar-refractivity contribution in [3.05, 3.63) is 63.8 Å². The fourth-order valence-electron chi connectivity index (χ4n) is 7.39. The lowest BCUT2D eigenvalue weighted by molar-refractivity contribution is -0.126. The van der Waals surface area contributed by atoms with Crippen LogP contribution in [0.15, 0.2) is 40.5 Å². The number of likely N-dealkylation sites (tertiary alicyclic amines) is 1. The van der Waals surface area contributed by atoms with Crippen LogP contribution in [0.3, 0.4) is 0 Å². The largest absolute Gasteiger partial charge is 0.375 e. The van der Waals surface area contributed by atoms with Gasteiger partial charge >= 0.3 is 5.69 Å². The quantitative estimate of drug-likeness (QED) is 0.321. The summed E-state index contributed by atoms with van der Waals surface area (Å²) in [6.07, 6.45) is 4.22. The van der Waals surface area contributed by atoms with Gasteiger partial charge in [0.2, 0.25) is 5.91 Å². The molecule has 238 valence electrons. The summed E-state index contributed by atoms with van der Waals surface area (Å²) in [7, 11) is 0. The van der Waals surface area contributed by atoms with Crippen LogP contribution < -0.4 is 10.6 Å². The van der Waals surface area contributed by atoms with Crippen LogP contribution in [0.1, 0.15) is 32.2 Å². The molecular weight excluding hydrogens is 627 g/mol. The number of hydrogen-bond donors (Lipinski definition) is 0. The maximum Gasteiger partial charge on any atom is 0.350 e. The van der Waals surface area contributed by atoms with Crippen LogP contribution in [0.4, 0.5) is 19.0 Å². The minimum Gasteiger partial charge on any atom is -0.375 e. The number of nitrogens with zero attached hydrogens (tertiary/aromatic N) is 5. The number of morpholine rings is 1. The van der Waals surface area contributed by atoms with Crippen LogP contribution in [0.25, 0.3) is 22.0 Å². The molecule has 45 heavy (non-hydrogen) atoms. The smallest absolute Gasteiger partial charge is 0.350 e. The number of ether oxygens (including phenoxy) is 1. The maximum absolute atomic E-state index is 15.2. The number of rotatable bonds is 7. The van der Waals surface area contributed by atoms with E-state index in [-0.39, 0.29) is 28.6 Å². The summed E-state index contributed by atoms with van der Waals surface area (Å²) in [6.45, 7) is 9.34. The zero-order chi connectivity index (χ0) is 31.6. The van der Waals surface area contributed by atoms with E-state index < -0.39 is 28.7 Å². The molecule has 0 aliphatic carbocycles. The Kier molecular flexibility index (Phi) is 8.12. The molecular formula is C32H33ClF3N5O3S. The SMILES string of the molecule is C=CC(=O)N1CCN(c2nc(=O)n3c4c(c(-c5c(F)cc(F)cc5F)c(Cl)cc24)SC[C@@H]3CCCN2C[C@@H]3C[C@H]2CO3)[C@@H](C)C1. The summed E-state index contributed by atoms with van der Waals surface area (Å²) in [6, 6.07) is 2.93. The second kappa shape index (κ2) is 11.9. The third-order valence-electron chi connectivity index (χ3n) is 9.52. The van der Waals surface area contributed by atoms with Gasteiger partial charge in [-0.2, -0.15) is 4.98 Å². The van der Waals surface area contributed by atoms with Gasteiger partial charge in [-0.05, 0) is 44.9 Å². The fraction of sp³-hybridized carbons (Fsp3) is 0.469. The van der Waals surface area contributed by atoms with E-state index in [1.807, 2.05) is 11.8 Å². The highest BCUT2D eigenvalue weighted by Gasteiger charge is 2.39. The molecule has 0 radical (unpaired) electrons. The number of amides is 1. The van der Waals surface area contributed by atoms with Gasteiger partial charge in [-0.3, -0.25) is 14.3 Å². The first-order chi connectivity index (χ1) is 21.6. The van der Waals surface area contributed by atoms with Gasteiger partial charge in [0.25, 0.3) is 0 Å². The Hall–Kier alpha value is -3.06. The Morgan fingerprint density at radius 3 is 2.62 bits per heavy atom. The predicted molar refractivity (Wildman–Crippen MR) is 169 cm³/mol.